The van der Waals surface area contributed by atoms with Crippen LogP contribution in [0.3, 0.4) is 0 Å². The van der Waals surface area contributed by atoms with Crippen LogP contribution in [0.5, 0.6) is 0 Å². The van der Waals surface area contributed by atoms with Crippen LogP contribution in [0, 0.1) is 5.82 Å². The average molecular weight is 393 g/mol. The summed E-state index contributed by atoms with van der Waals surface area (Å²) in [5.41, 5.74) is 3.94. The first-order chi connectivity index (χ1) is 14.2. The molecule has 0 saturated heterocycles. The van der Waals surface area contributed by atoms with E-state index >= 15 is 0 Å². The summed E-state index contributed by atoms with van der Waals surface area (Å²) in [6.07, 6.45) is 2.74. The Balaban J connectivity index is 1.76. The Bertz CT molecular complexity index is 984. The Morgan fingerprint density at radius 3 is 2.72 bits per heavy atom. The van der Waals surface area contributed by atoms with E-state index in [1.165, 1.54) is 12.1 Å². The van der Waals surface area contributed by atoms with Gasteiger partial charge in [-0.2, -0.15) is 0 Å². The molecule has 0 fully saturated rings. The SMILES string of the molecule is COCCCNC(=O)N1Cc2ccccc2-n2cccc2C1c1ccc(F)cc1. The van der Waals surface area contributed by atoms with Crippen molar-refractivity contribution in [1.82, 2.24) is 14.8 Å². The number of nitrogens with zero attached hydrogens (tertiary/aromatic N) is 2. The lowest BCUT2D eigenvalue weighted by molar-refractivity contribution is 0.174. The summed E-state index contributed by atoms with van der Waals surface area (Å²) in [6.45, 7) is 1.57. The number of para-hydroxylation sites is 1. The summed E-state index contributed by atoms with van der Waals surface area (Å²) in [4.78, 5) is 15.0. The van der Waals surface area contributed by atoms with Crippen molar-refractivity contribution < 1.29 is 13.9 Å². The van der Waals surface area contributed by atoms with Crippen LogP contribution in [0.15, 0.2) is 66.9 Å². The normalized spacial score (nSPS) is 15.4. The highest BCUT2D eigenvalue weighted by atomic mass is 19.1. The molecule has 2 amide bonds. The lowest BCUT2D eigenvalue weighted by atomic mass is 10.0. The fourth-order valence-electron chi connectivity index (χ4n) is 3.85. The van der Waals surface area contributed by atoms with E-state index in [-0.39, 0.29) is 17.9 Å². The van der Waals surface area contributed by atoms with Gasteiger partial charge in [0.25, 0.3) is 0 Å². The topological polar surface area (TPSA) is 46.5 Å². The zero-order valence-corrected chi connectivity index (χ0v) is 16.3. The van der Waals surface area contributed by atoms with Gasteiger partial charge in [0.05, 0.1) is 18.3 Å². The van der Waals surface area contributed by atoms with Crippen molar-refractivity contribution in [2.75, 3.05) is 20.3 Å². The Kier molecular flexibility index (Phi) is 5.62. The number of fused-ring (bicyclic) bond motifs is 3. The molecule has 4 rings (SSSR count). The molecule has 6 heteroatoms. The summed E-state index contributed by atoms with van der Waals surface area (Å²) in [5.74, 6) is -0.295. The molecule has 0 bridgehead atoms. The van der Waals surface area contributed by atoms with Crippen molar-refractivity contribution in [3.8, 4) is 5.69 Å². The van der Waals surface area contributed by atoms with Gasteiger partial charge in [-0.3, -0.25) is 0 Å². The molecule has 0 radical (unpaired) electrons. The number of hydrogen-bond acceptors (Lipinski definition) is 2. The lowest BCUT2D eigenvalue weighted by Crippen LogP contribution is -2.42. The van der Waals surface area contributed by atoms with Crippen molar-refractivity contribution in [3.63, 3.8) is 0 Å². The first-order valence-corrected chi connectivity index (χ1v) is 9.73. The monoisotopic (exact) mass is 393 g/mol. The minimum absolute atomic E-state index is 0.153. The number of benzene rings is 2. The van der Waals surface area contributed by atoms with Crippen molar-refractivity contribution >= 4 is 6.03 Å². The maximum Gasteiger partial charge on any atom is 0.318 e. The maximum absolute atomic E-state index is 13.6. The number of halogens is 1. The van der Waals surface area contributed by atoms with Crippen LogP contribution in [0.25, 0.3) is 5.69 Å². The van der Waals surface area contributed by atoms with E-state index in [1.807, 2.05) is 41.4 Å². The molecular formula is C23H24FN3O2. The zero-order chi connectivity index (χ0) is 20.2. The Morgan fingerprint density at radius 1 is 1.14 bits per heavy atom. The van der Waals surface area contributed by atoms with Crippen LogP contribution in [-0.2, 0) is 11.3 Å². The van der Waals surface area contributed by atoms with Crippen LogP contribution in [0.2, 0.25) is 0 Å². The molecule has 1 aliphatic heterocycles. The molecule has 2 aromatic carbocycles. The van der Waals surface area contributed by atoms with Gasteiger partial charge < -0.3 is 19.5 Å². The van der Waals surface area contributed by atoms with Crippen molar-refractivity contribution in [1.29, 1.82) is 0 Å². The molecule has 0 spiro atoms. The molecule has 1 aliphatic rings. The first kappa shape index (κ1) is 19.2. The highest BCUT2D eigenvalue weighted by molar-refractivity contribution is 5.76. The molecule has 5 nitrogen and oxygen atoms in total. The number of aromatic nitrogens is 1. The molecule has 3 aromatic rings. The van der Waals surface area contributed by atoms with E-state index in [2.05, 4.69) is 16.0 Å². The molecule has 0 aliphatic carbocycles. The minimum atomic E-state index is -0.333. The van der Waals surface area contributed by atoms with E-state index in [0.29, 0.717) is 19.7 Å². The summed E-state index contributed by atoms with van der Waals surface area (Å²) < 4.78 is 20.8. The summed E-state index contributed by atoms with van der Waals surface area (Å²) >= 11 is 0. The van der Waals surface area contributed by atoms with Crippen LogP contribution >= 0.6 is 0 Å². The fourth-order valence-corrected chi connectivity index (χ4v) is 3.85. The summed E-state index contributed by atoms with van der Waals surface area (Å²) in [6, 6.07) is 18.0. The van der Waals surface area contributed by atoms with Crippen LogP contribution < -0.4 is 5.32 Å². The van der Waals surface area contributed by atoms with E-state index in [1.54, 1.807) is 19.2 Å². The van der Waals surface area contributed by atoms with Gasteiger partial charge >= 0.3 is 6.03 Å². The van der Waals surface area contributed by atoms with Crippen LogP contribution in [0.4, 0.5) is 9.18 Å². The quantitative estimate of drug-likeness (QED) is 0.658. The molecule has 1 unspecified atom stereocenters. The Hall–Kier alpha value is -3.12. The van der Waals surface area contributed by atoms with E-state index in [0.717, 1.165) is 28.9 Å². The van der Waals surface area contributed by atoms with Crippen molar-refractivity contribution in [3.05, 3.63) is 89.5 Å². The molecule has 1 atom stereocenters. The third-order valence-corrected chi connectivity index (χ3v) is 5.21. The molecule has 2 heterocycles. The Labute approximate surface area is 169 Å². The second kappa shape index (κ2) is 8.49. The van der Waals surface area contributed by atoms with Crippen LogP contribution in [-0.4, -0.2) is 35.8 Å². The maximum atomic E-state index is 13.6. The molecule has 1 aromatic heterocycles. The van der Waals surface area contributed by atoms with Crippen molar-refractivity contribution in [2.45, 2.75) is 19.0 Å². The molecule has 1 N–H and O–H groups in total. The van der Waals surface area contributed by atoms with E-state index in [9.17, 15) is 9.18 Å². The largest absolute Gasteiger partial charge is 0.385 e. The smallest absolute Gasteiger partial charge is 0.318 e. The predicted octanol–water partition coefficient (Wildman–Crippen LogP) is 4.27. The third-order valence-electron chi connectivity index (χ3n) is 5.21. The number of carbonyl (C=O) groups excluding carboxylic acids is 1. The molecule has 0 saturated carbocycles. The fraction of sp³-hybridized carbons (Fsp3) is 0.261. The second-order valence-corrected chi connectivity index (χ2v) is 7.09. The third kappa shape index (κ3) is 3.89. The van der Waals surface area contributed by atoms with Gasteiger partial charge in [0, 0.05) is 32.2 Å². The molecule has 29 heavy (non-hydrogen) atoms. The van der Waals surface area contributed by atoms with Crippen LogP contribution in [0.1, 0.15) is 29.3 Å². The highest BCUT2D eigenvalue weighted by Gasteiger charge is 2.32. The number of hydrogen-bond donors (Lipinski definition) is 1. The lowest BCUT2D eigenvalue weighted by Gasteiger charge is -2.31. The molecule has 150 valence electrons. The first-order valence-electron chi connectivity index (χ1n) is 9.73. The molecular weight excluding hydrogens is 369 g/mol. The van der Waals surface area contributed by atoms with Gasteiger partial charge in [-0.25, -0.2) is 9.18 Å². The Morgan fingerprint density at radius 2 is 1.93 bits per heavy atom. The van der Waals surface area contributed by atoms with Gasteiger partial charge in [0.15, 0.2) is 0 Å². The predicted molar refractivity (Wildman–Crippen MR) is 109 cm³/mol. The highest BCUT2D eigenvalue weighted by Crippen LogP contribution is 2.36. The van der Waals surface area contributed by atoms with Gasteiger partial charge in [0.1, 0.15) is 5.82 Å². The summed E-state index contributed by atoms with van der Waals surface area (Å²) in [7, 11) is 1.65. The summed E-state index contributed by atoms with van der Waals surface area (Å²) in [5, 5.41) is 3.00. The van der Waals surface area contributed by atoms with Crippen molar-refractivity contribution in [2.24, 2.45) is 0 Å². The number of amides is 2. The average Bonchev–Trinajstić information content (AvgIpc) is 3.16. The number of methoxy groups -OCH3 is 1. The van der Waals surface area contributed by atoms with Gasteiger partial charge in [0.2, 0.25) is 0 Å². The number of urea groups is 1. The zero-order valence-electron chi connectivity index (χ0n) is 16.3. The van der Waals surface area contributed by atoms with Gasteiger partial charge in [-0.1, -0.05) is 30.3 Å². The number of nitrogens with one attached hydrogen (secondary N) is 1. The van der Waals surface area contributed by atoms with E-state index < -0.39 is 0 Å². The standard InChI is InChI=1S/C23H24FN3O2/c1-29-15-5-13-25-23(28)27-16-18-6-2-3-7-20(18)26-14-4-8-21(26)22(27)17-9-11-19(24)12-10-17/h2-4,6-12,14,22H,5,13,15-16H2,1H3,(H,25,28). The number of rotatable bonds is 5. The van der Waals surface area contributed by atoms with E-state index in [4.69, 9.17) is 4.74 Å². The van der Waals surface area contributed by atoms with Gasteiger partial charge in [-0.15, -0.1) is 0 Å². The second-order valence-electron chi connectivity index (χ2n) is 7.09. The number of carbonyl (C=O) groups is 1. The van der Waals surface area contributed by atoms with Gasteiger partial charge in [-0.05, 0) is 47.9 Å². The number of ether oxygens (including phenoxy) is 1. The minimum Gasteiger partial charge on any atom is -0.385 e.